The van der Waals surface area contributed by atoms with E-state index in [9.17, 15) is 29.1 Å². The predicted molar refractivity (Wildman–Crippen MR) is 194 cm³/mol. The molecule has 0 aromatic rings. The topological polar surface area (TPSA) is 124 Å². The van der Waals surface area contributed by atoms with Crippen molar-refractivity contribution in [1.82, 2.24) is 15.1 Å². The number of amides is 2. The van der Waals surface area contributed by atoms with Crippen molar-refractivity contribution in [3.05, 3.63) is 0 Å². The quantitative estimate of drug-likeness (QED) is 0.225. The van der Waals surface area contributed by atoms with Crippen LogP contribution in [0, 0.1) is 50.7 Å². The van der Waals surface area contributed by atoms with E-state index in [4.69, 9.17) is 0 Å². The highest BCUT2D eigenvalue weighted by Crippen LogP contribution is 2.88. The molecule has 2 spiro atoms. The third-order valence-corrected chi connectivity index (χ3v) is 14.7. The summed E-state index contributed by atoms with van der Waals surface area (Å²) in [6.07, 6.45) is 9.21. The van der Waals surface area contributed by atoms with Gasteiger partial charge in [-0.05, 0) is 79.2 Å². The lowest BCUT2D eigenvalue weighted by molar-refractivity contribution is -0.148. The Morgan fingerprint density at radius 1 is 0.880 bits per heavy atom. The molecule has 5 aliphatic rings. The summed E-state index contributed by atoms with van der Waals surface area (Å²) in [6.45, 7) is 21.5. The minimum Gasteiger partial charge on any atom is -0.481 e. The molecule has 2 saturated heterocycles. The SMILES string of the molecule is CCN1CCC[C@H](C(=O)N[C@H](C(=O)C[C@@H](C(=O)N2C[C@@]3(C[C@H]2C(=O)C[C@H](CC2CCC2)C(=O)O)C(C)(C)C32CCC2)C(C)(C)C)C(C)(C)C)C1. The van der Waals surface area contributed by atoms with E-state index in [0.29, 0.717) is 31.8 Å². The maximum atomic E-state index is 15.0. The molecule has 2 heterocycles. The molecule has 0 bridgehead atoms. The van der Waals surface area contributed by atoms with Gasteiger partial charge in [0, 0.05) is 37.3 Å². The second-order valence-corrected chi connectivity index (χ2v) is 19.7. The lowest BCUT2D eigenvalue weighted by atomic mass is 9.73. The number of nitrogens with zero attached hydrogens (tertiary/aromatic N) is 2. The molecule has 2 aliphatic heterocycles. The summed E-state index contributed by atoms with van der Waals surface area (Å²) in [4.78, 5) is 73.6. The van der Waals surface area contributed by atoms with Gasteiger partial charge in [0.1, 0.15) is 0 Å². The van der Waals surface area contributed by atoms with E-state index in [0.717, 1.165) is 64.5 Å². The molecule has 0 unspecified atom stereocenters. The number of piperidine rings is 1. The first-order valence-electron chi connectivity index (χ1n) is 19.8. The maximum absolute atomic E-state index is 15.0. The van der Waals surface area contributed by atoms with Gasteiger partial charge in [0.25, 0.3) is 0 Å². The molecule has 0 aromatic heterocycles. The number of nitrogens with one attached hydrogen (secondary N) is 1. The number of rotatable bonds is 13. The maximum Gasteiger partial charge on any atom is 0.306 e. The summed E-state index contributed by atoms with van der Waals surface area (Å²) in [6, 6.07) is -1.44. The van der Waals surface area contributed by atoms with Gasteiger partial charge in [-0.25, -0.2) is 0 Å². The Kier molecular flexibility index (Phi) is 10.8. The molecule has 5 fully saturated rings. The van der Waals surface area contributed by atoms with Gasteiger partial charge in [-0.15, -0.1) is 0 Å². The summed E-state index contributed by atoms with van der Waals surface area (Å²) in [5.74, 6) is -2.77. The molecule has 2 amide bonds. The number of hydrogen-bond acceptors (Lipinski definition) is 6. The number of carbonyl (C=O) groups excluding carboxylic acids is 4. The molecule has 6 atom stereocenters. The minimum absolute atomic E-state index is 0.0227. The smallest absolute Gasteiger partial charge is 0.306 e. The molecule has 0 aromatic carbocycles. The highest BCUT2D eigenvalue weighted by Gasteiger charge is 2.85. The molecule has 282 valence electrons. The highest BCUT2D eigenvalue weighted by molar-refractivity contribution is 5.96. The van der Waals surface area contributed by atoms with Crippen LogP contribution in [0.2, 0.25) is 0 Å². The van der Waals surface area contributed by atoms with Gasteiger partial charge >= 0.3 is 5.97 Å². The van der Waals surface area contributed by atoms with Gasteiger partial charge in [0.2, 0.25) is 11.8 Å². The molecule has 2 N–H and O–H groups in total. The number of carbonyl (C=O) groups is 5. The van der Waals surface area contributed by atoms with Crippen molar-refractivity contribution in [3.8, 4) is 0 Å². The zero-order valence-electron chi connectivity index (χ0n) is 32.7. The number of Topliss-reactive ketones (excluding diaryl/α,β-unsaturated/α-hetero) is 2. The third kappa shape index (κ3) is 6.94. The van der Waals surface area contributed by atoms with Crippen LogP contribution < -0.4 is 5.32 Å². The third-order valence-electron chi connectivity index (χ3n) is 14.7. The number of hydrogen-bond donors (Lipinski definition) is 2. The van der Waals surface area contributed by atoms with Crippen molar-refractivity contribution in [1.29, 1.82) is 0 Å². The standard InChI is InChI=1S/C41H67N3O6/c1-10-43-19-12-16-27(24-43)34(47)42-33(38(5,6)7)32(46)22-29(37(2,3)4)35(48)44-25-41(39(8,9)40(41)17-13-18-40)23-30(44)31(45)21-28(36(49)50)20-26-14-11-15-26/h26-30,33H,10-25H2,1-9H3,(H,42,47)(H,49,50)/t27-,28-,29-,30-,33+,41-/m0/s1. The number of likely N-dealkylation sites (tertiary alicyclic amines) is 2. The first kappa shape index (κ1) is 38.9. The fourth-order valence-electron chi connectivity index (χ4n) is 10.8. The first-order valence-corrected chi connectivity index (χ1v) is 19.8. The van der Waals surface area contributed by atoms with Crippen molar-refractivity contribution in [2.45, 2.75) is 151 Å². The second kappa shape index (κ2) is 13.9. The number of carboxylic acid groups (broad SMARTS) is 1. The fraction of sp³-hybridized carbons (Fsp3) is 0.878. The van der Waals surface area contributed by atoms with Crippen LogP contribution in [0.3, 0.4) is 0 Å². The van der Waals surface area contributed by atoms with Gasteiger partial charge < -0.3 is 20.2 Å². The molecule has 9 heteroatoms. The molecule has 9 nitrogen and oxygen atoms in total. The normalized spacial score (nSPS) is 29.5. The van der Waals surface area contributed by atoms with Crippen LogP contribution in [0.1, 0.15) is 139 Å². The van der Waals surface area contributed by atoms with Crippen molar-refractivity contribution in [2.75, 3.05) is 26.2 Å². The lowest BCUT2D eigenvalue weighted by Gasteiger charge is -2.38. The molecule has 3 aliphatic carbocycles. The largest absolute Gasteiger partial charge is 0.481 e. The van der Waals surface area contributed by atoms with Crippen LogP contribution in [0.15, 0.2) is 0 Å². The van der Waals surface area contributed by atoms with Crippen molar-refractivity contribution in [2.24, 2.45) is 50.7 Å². The molecule has 0 radical (unpaired) electrons. The molecule has 3 saturated carbocycles. The van der Waals surface area contributed by atoms with Crippen LogP contribution in [0.5, 0.6) is 0 Å². The average Bonchev–Trinajstić information content (AvgIpc) is 3.21. The van der Waals surface area contributed by atoms with Crippen LogP contribution in [-0.4, -0.2) is 82.5 Å². The summed E-state index contributed by atoms with van der Waals surface area (Å²) < 4.78 is 0. The number of aliphatic carboxylic acids is 1. The van der Waals surface area contributed by atoms with E-state index in [2.05, 4.69) is 31.0 Å². The van der Waals surface area contributed by atoms with Gasteiger partial charge in [0.05, 0.1) is 23.9 Å². The number of carboxylic acids is 1. The Hall–Kier alpha value is -2.29. The monoisotopic (exact) mass is 698 g/mol. The van der Waals surface area contributed by atoms with Gasteiger partial charge in [-0.3, -0.25) is 24.0 Å². The summed E-state index contributed by atoms with van der Waals surface area (Å²) in [7, 11) is 0. The first-order chi connectivity index (χ1) is 23.2. The van der Waals surface area contributed by atoms with Gasteiger partial charge in [-0.2, -0.15) is 0 Å². The van der Waals surface area contributed by atoms with E-state index in [1.54, 1.807) is 4.90 Å². The van der Waals surface area contributed by atoms with E-state index in [-0.39, 0.29) is 58.4 Å². The van der Waals surface area contributed by atoms with Gasteiger partial charge in [0.15, 0.2) is 11.6 Å². The Balaban J connectivity index is 1.39. The van der Waals surface area contributed by atoms with Crippen LogP contribution in [0.4, 0.5) is 0 Å². The van der Waals surface area contributed by atoms with E-state index in [1.807, 2.05) is 41.5 Å². The van der Waals surface area contributed by atoms with Crippen molar-refractivity contribution < 1.29 is 29.1 Å². The Bertz CT molecular complexity index is 1330. The van der Waals surface area contributed by atoms with E-state index < -0.39 is 40.7 Å². The molecule has 50 heavy (non-hydrogen) atoms. The number of ketones is 2. The molecule has 5 rings (SSSR count). The minimum atomic E-state index is -0.929. The van der Waals surface area contributed by atoms with Crippen molar-refractivity contribution >= 4 is 29.4 Å². The Morgan fingerprint density at radius 2 is 1.54 bits per heavy atom. The zero-order valence-corrected chi connectivity index (χ0v) is 32.7. The summed E-state index contributed by atoms with van der Waals surface area (Å²) >= 11 is 0. The average molecular weight is 698 g/mol. The van der Waals surface area contributed by atoms with Gasteiger partial charge in [-0.1, -0.05) is 88.0 Å². The Morgan fingerprint density at radius 3 is 2.02 bits per heavy atom. The Labute approximate surface area is 301 Å². The second-order valence-electron chi connectivity index (χ2n) is 19.7. The van der Waals surface area contributed by atoms with Crippen LogP contribution in [-0.2, 0) is 24.0 Å². The van der Waals surface area contributed by atoms with Crippen LogP contribution >= 0.6 is 0 Å². The van der Waals surface area contributed by atoms with E-state index in [1.165, 1.54) is 0 Å². The van der Waals surface area contributed by atoms with Crippen molar-refractivity contribution in [3.63, 3.8) is 0 Å². The summed E-state index contributed by atoms with van der Waals surface area (Å²) in [5, 5.41) is 13.2. The number of fused-ring (bicyclic) bond motifs is 1. The highest BCUT2D eigenvalue weighted by atomic mass is 16.4. The zero-order chi connectivity index (χ0) is 37.0. The van der Waals surface area contributed by atoms with E-state index >= 15 is 0 Å². The summed E-state index contributed by atoms with van der Waals surface area (Å²) in [5.41, 5.74) is -1.25. The lowest BCUT2D eigenvalue weighted by Crippen LogP contribution is -2.54. The predicted octanol–water partition coefficient (Wildman–Crippen LogP) is 6.52. The van der Waals surface area contributed by atoms with Crippen LogP contribution in [0.25, 0.3) is 0 Å². The molecular formula is C41H67N3O6. The molecular weight excluding hydrogens is 630 g/mol. The fourth-order valence-corrected chi connectivity index (χ4v) is 10.8.